The van der Waals surface area contributed by atoms with Crippen LogP contribution in [0.4, 0.5) is 0 Å². The number of hydrogen-bond donors (Lipinski definition) is 1. The lowest BCUT2D eigenvalue weighted by molar-refractivity contribution is -0.0195. The van der Waals surface area contributed by atoms with E-state index in [2.05, 4.69) is 20.8 Å². The van der Waals surface area contributed by atoms with Crippen molar-refractivity contribution in [3.8, 4) is 0 Å². The van der Waals surface area contributed by atoms with E-state index in [9.17, 15) is 5.11 Å². The molecular formula is C13H28O2. The summed E-state index contributed by atoms with van der Waals surface area (Å²) in [5, 5.41) is 9.57. The van der Waals surface area contributed by atoms with Crippen molar-refractivity contribution in [1.29, 1.82) is 0 Å². The minimum atomic E-state index is -0.268. The first-order chi connectivity index (χ1) is 7.24. The maximum Gasteiger partial charge on any atom is 0.0773 e. The van der Waals surface area contributed by atoms with Gasteiger partial charge in [0.15, 0.2) is 0 Å². The molecule has 2 atom stereocenters. The molecule has 0 fully saturated rings. The van der Waals surface area contributed by atoms with Gasteiger partial charge in [-0.05, 0) is 19.3 Å². The SMILES string of the molecule is CCCCC(CCC)OCC(O)CCC. The molecule has 0 rings (SSSR count). The number of ether oxygens (including phenoxy) is 1. The molecular weight excluding hydrogens is 188 g/mol. The van der Waals surface area contributed by atoms with E-state index in [1.807, 2.05) is 0 Å². The van der Waals surface area contributed by atoms with Gasteiger partial charge in [0.1, 0.15) is 0 Å². The van der Waals surface area contributed by atoms with Crippen LogP contribution in [0.3, 0.4) is 0 Å². The topological polar surface area (TPSA) is 29.5 Å². The first kappa shape index (κ1) is 14.9. The van der Waals surface area contributed by atoms with E-state index in [0.717, 1.165) is 32.1 Å². The van der Waals surface area contributed by atoms with Crippen LogP contribution in [0.15, 0.2) is 0 Å². The second kappa shape index (κ2) is 10.4. The van der Waals surface area contributed by atoms with Gasteiger partial charge in [-0.1, -0.05) is 46.5 Å². The van der Waals surface area contributed by atoms with Crippen molar-refractivity contribution in [2.24, 2.45) is 0 Å². The van der Waals surface area contributed by atoms with E-state index in [1.54, 1.807) is 0 Å². The quantitative estimate of drug-likeness (QED) is 0.605. The minimum Gasteiger partial charge on any atom is -0.391 e. The summed E-state index contributed by atoms with van der Waals surface area (Å²) >= 11 is 0. The van der Waals surface area contributed by atoms with E-state index in [1.165, 1.54) is 12.8 Å². The summed E-state index contributed by atoms with van der Waals surface area (Å²) in [4.78, 5) is 0. The zero-order valence-corrected chi connectivity index (χ0v) is 10.7. The lowest BCUT2D eigenvalue weighted by Crippen LogP contribution is -2.21. The van der Waals surface area contributed by atoms with Crippen molar-refractivity contribution in [2.45, 2.75) is 77.9 Å². The number of unbranched alkanes of at least 4 members (excludes halogenated alkanes) is 1. The second-order valence-electron chi connectivity index (χ2n) is 4.33. The van der Waals surface area contributed by atoms with Gasteiger partial charge in [0, 0.05) is 0 Å². The Labute approximate surface area is 95.0 Å². The Morgan fingerprint density at radius 3 is 2.13 bits per heavy atom. The van der Waals surface area contributed by atoms with Crippen LogP contribution in [0.25, 0.3) is 0 Å². The van der Waals surface area contributed by atoms with E-state index < -0.39 is 0 Å². The minimum absolute atomic E-state index is 0.268. The number of aliphatic hydroxyl groups is 1. The molecule has 15 heavy (non-hydrogen) atoms. The second-order valence-corrected chi connectivity index (χ2v) is 4.33. The van der Waals surface area contributed by atoms with E-state index in [4.69, 9.17) is 4.74 Å². The maximum absolute atomic E-state index is 9.57. The largest absolute Gasteiger partial charge is 0.391 e. The third-order valence-electron chi connectivity index (χ3n) is 2.64. The highest BCUT2D eigenvalue weighted by Gasteiger charge is 2.10. The highest BCUT2D eigenvalue weighted by molar-refractivity contribution is 4.60. The van der Waals surface area contributed by atoms with Crippen LogP contribution in [0.1, 0.15) is 65.7 Å². The molecule has 2 heteroatoms. The third-order valence-corrected chi connectivity index (χ3v) is 2.64. The lowest BCUT2D eigenvalue weighted by atomic mass is 10.1. The first-order valence-corrected chi connectivity index (χ1v) is 6.54. The zero-order valence-electron chi connectivity index (χ0n) is 10.7. The molecule has 2 nitrogen and oxygen atoms in total. The summed E-state index contributed by atoms with van der Waals surface area (Å²) in [6, 6.07) is 0. The van der Waals surface area contributed by atoms with Gasteiger partial charge >= 0.3 is 0 Å². The molecule has 0 amide bonds. The summed E-state index contributed by atoms with van der Waals surface area (Å²) in [5.74, 6) is 0. The molecule has 0 saturated heterocycles. The Hall–Kier alpha value is -0.0800. The zero-order chi connectivity index (χ0) is 11.5. The van der Waals surface area contributed by atoms with Crippen molar-refractivity contribution in [3.63, 3.8) is 0 Å². The van der Waals surface area contributed by atoms with E-state index >= 15 is 0 Å². The fraction of sp³-hybridized carbons (Fsp3) is 1.00. The standard InChI is InChI=1S/C13H28O2/c1-4-7-10-13(9-6-3)15-11-12(14)8-5-2/h12-14H,4-11H2,1-3H3. The Kier molecular flexibility index (Phi) is 10.4. The summed E-state index contributed by atoms with van der Waals surface area (Å²) in [6.07, 6.45) is 7.86. The molecule has 0 aliphatic rings. The van der Waals surface area contributed by atoms with Crippen molar-refractivity contribution in [1.82, 2.24) is 0 Å². The normalized spacial score (nSPS) is 15.2. The summed E-state index contributed by atoms with van der Waals surface area (Å²) in [7, 11) is 0. The Balaban J connectivity index is 3.63. The van der Waals surface area contributed by atoms with Crippen molar-refractivity contribution < 1.29 is 9.84 Å². The highest BCUT2D eigenvalue weighted by Crippen LogP contribution is 2.12. The van der Waals surface area contributed by atoms with Gasteiger partial charge in [-0.25, -0.2) is 0 Å². The molecule has 0 heterocycles. The number of aliphatic hydroxyl groups excluding tert-OH is 1. The fourth-order valence-electron chi connectivity index (χ4n) is 1.73. The molecule has 0 spiro atoms. The molecule has 0 saturated carbocycles. The van der Waals surface area contributed by atoms with Crippen LogP contribution in [-0.4, -0.2) is 23.9 Å². The van der Waals surface area contributed by atoms with Crippen LogP contribution in [0.2, 0.25) is 0 Å². The molecule has 0 bridgehead atoms. The molecule has 1 N–H and O–H groups in total. The van der Waals surface area contributed by atoms with Gasteiger partial charge in [-0.2, -0.15) is 0 Å². The first-order valence-electron chi connectivity index (χ1n) is 6.54. The summed E-state index contributed by atoms with van der Waals surface area (Å²) in [5.41, 5.74) is 0. The maximum atomic E-state index is 9.57. The average molecular weight is 216 g/mol. The van der Waals surface area contributed by atoms with E-state index in [0.29, 0.717) is 12.7 Å². The molecule has 0 radical (unpaired) electrons. The van der Waals surface area contributed by atoms with Crippen LogP contribution in [0.5, 0.6) is 0 Å². The average Bonchev–Trinajstić information content (AvgIpc) is 2.22. The van der Waals surface area contributed by atoms with Crippen molar-refractivity contribution in [2.75, 3.05) is 6.61 Å². The molecule has 92 valence electrons. The van der Waals surface area contributed by atoms with Gasteiger partial charge in [0.05, 0.1) is 18.8 Å². The number of rotatable bonds is 10. The lowest BCUT2D eigenvalue weighted by Gasteiger charge is -2.19. The van der Waals surface area contributed by atoms with Crippen molar-refractivity contribution in [3.05, 3.63) is 0 Å². The molecule has 0 aliphatic carbocycles. The van der Waals surface area contributed by atoms with Crippen LogP contribution in [-0.2, 0) is 4.74 Å². The van der Waals surface area contributed by atoms with Gasteiger partial charge in [0.2, 0.25) is 0 Å². The third kappa shape index (κ3) is 8.88. The molecule has 2 unspecified atom stereocenters. The number of hydrogen-bond acceptors (Lipinski definition) is 2. The van der Waals surface area contributed by atoms with Gasteiger partial charge in [-0.3, -0.25) is 0 Å². The molecule has 0 aliphatic heterocycles. The van der Waals surface area contributed by atoms with Crippen LogP contribution in [0, 0.1) is 0 Å². The van der Waals surface area contributed by atoms with E-state index in [-0.39, 0.29) is 6.10 Å². The van der Waals surface area contributed by atoms with Crippen molar-refractivity contribution >= 4 is 0 Å². The molecule has 0 aromatic carbocycles. The van der Waals surface area contributed by atoms with Gasteiger partial charge < -0.3 is 9.84 Å². The Bertz CT molecular complexity index is 126. The summed E-state index contributed by atoms with van der Waals surface area (Å²) < 4.78 is 5.75. The van der Waals surface area contributed by atoms with Gasteiger partial charge in [-0.15, -0.1) is 0 Å². The summed E-state index contributed by atoms with van der Waals surface area (Å²) in [6.45, 7) is 6.99. The molecule has 0 aromatic rings. The Morgan fingerprint density at radius 2 is 1.60 bits per heavy atom. The van der Waals surface area contributed by atoms with Crippen LogP contribution >= 0.6 is 0 Å². The van der Waals surface area contributed by atoms with Gasteiger partial charge in [0.25, 0.3) is 0 Å². The smallest absolute Gasteiger partial charge is 0.0773 e. The highest BCUT2D eigenvalue weighted by atomic mass is 16.5. The Morgan fingerprint density at radius 1 is 0.933 bits per heavy atom. The van der Waals surface area contributed by atoms with Crippen LogP contribution < -0.4 is 0 Å². The molecule has 0 aromatic heterocycles. The fourth-order valence-corrected chi connectivity index (χ4v) is 1.73. The predicted octanol–water partition coefficient (Wildman–Crippen LogP) is 3.52. The predicted molar refractivity (Wildman–Crippen MR) is 65.1 cm³/mol. The monoisotopic (exact) mass is 216 g/mol.